The molecule has 0 bridgehead atoms. The second-order valence-corrected chi connectivity index (χ2v) is 5.65. The van der Waals surface area contributed by atoms with Crippen molar-refractivity contribution >= 4 is 27.5 Å². The topological polar surface area (TPSA) is 20.3 Å². The predicted octanol–water partition coefficient (Wildman–Crippen LogP) is 3.96. The summed E-state index contributed by atoms with van der Waals surface area (Å²) in [4.78, 5) is 14.5. The number of aryl methyl sites for hydroxylation is 1. The molecule has 0 unspecified atom stereocenters. The molecular formula is C16H14BrNO. The number of anilines is 1. The van der Waals surface area contributed by atoms with Crippen LogP contribution in [0.4, 0.5) is 5.69 Å². The van der Waals surface area contributed by atoms with Gasteiger partial charge in [-0.1, -0.05) is 34.1 Å². The van der Waals surface area contributed by atoms with Crippen molar-refractivity contribution in [1.82, 2.24) is 0 Å². The number of carbonyl (C=O) groups excluding carboxylic acids is 1. The summed E-state index contributed by atoms with van der Waals surface area (Å²) in [5.41, 5.74) is 4.13. The zero-order chi connectivity index (χ0) is 13.4. The van der Waals surface area contributed by atoms with Crippen molar-refractivity contribution in [2.45, 2.75) is 13.3 Å². The molecule has 1 aliphatic rings. The number of rotatable bonds is 1. The van der Waals surface area contributed by atoms with Crippen LogP contribution in [0.1, 0.15) is 21.5 Å². The molecule has 1 aliphatic heterocycles. The number of nitrogens with zero attached hydrogens (tertiary/aromatic N) is 1. The lowest BCUT2D eigenvalue weighted by atomic mass is 10.1. The minimum atomic E-state index is 0.0838. The molecule has 3 heteroatoms. The lowest BCUT2D eigenvalue weighted by Gasteiger charge is -2.17. The smallest absolute Gasteiger partial charge is 0.258 e. The number of hydrogen-bond donors (Lipinski definition) is 0. The summed E-state index contributed by atoms with van der Waals surface area (Å²) in [5, 5.41) is 0. The maximum atomic E-state index is 12.6. The molecule has 1 amide bonds. The number of amides is 1. The van der Waals surface area contributed by atoms with Crippen molar-refractivity contribution in [3.63, 3.8) is 0 Å². The van der Waals surface area contributed by atoms with Gasteiger partial charge in [-0.05, 0) is 48.7 Å². The molecule has 19 heavy (non-hydrogen) atoms. The quantitative estimate of drug-likeness (QED) is 0.780. The van der Waals surface area contributed by atoms with E-state index >= 15 is 0 Å². The van der Waals surface area contributed by atoms with Crippen LogP contribution in [-0.4, -0.2) is 12.5 Å². The molecule has 0 aliphatic carbocycles. The van der Waals surface area contributed by atoms with Gasteiger partial charge in [0.1, 0.15) is 0 Å². The van der Waals surface area contributed by atoms with Crippen LogP contribution < -0.4 is 4.90 Å². The molecule has 0 aromatic heterocycles. The van der Waals surface area contributed by atoms with Crippen LogP contribution >= 0.6 is 15.9 Å². The molecule has 0 saturated heterocycles. The van der Waals surface area contributed by atoms with E-state index in [0.29, 0.717) is 0 Å². The lowest BCUT2D eigenvalue weighted by molar-refractivity contribution is 0.0989. The van der Waals surface area contributed by atoms with Gasteiger partial charge in [-0.3, -0.25) is 4.79 Å². The summed E-state index contributed by atoms with van der Waals surface area (Å²) in [6.07, 6.45) is 0.942. The van der Waals surface area contributed by atoms with Crippen LogP contribution in [0, 0.1) is 6.92 Å². The number of hydrogen-bond acceptors (Lipinski definition) is 1. The van der Waals surface area contributed by atoms with Gasteiger partial charge in [0, 0.05) is 22.3 Å². The van der Waals surface area contributed by atoms with Crippen molar-refractivity contribution < 1.29 is 4.79 Å². The SMILES string of the molecule is Cc1cc(C(=O)N2CCc3ccccc32)ccc1Br. The monoisotopic (exact) mass is 315 g/mol. The Bertz CT molecular complexity index is 651. The molecule has 0 atom stereocenters. The van der Waals surface area contributed by atoms with E-state index in [4.69, 9.17) is 0 Å². The van der Waals surface area contributed by atoms with Gasteiger partial charge in [0.05, 0.1) is 0 Å². The molecule has 1 heterocycles. The van der Waals surface area contributed by atoms with Crippen molar-refractivity contribution in [1.29, 1.82) is 0 Å². The van der Waals surface area contributed by atoms with Crippen molar-refractivity contribution in [3.05, 3.63) is 63.6 Å². The van der Waals surface area contributed by atoms with Gasteiger partial charge in [0.25, 0.3) is 5.91 Å². The third-order valence-corrected chi connectivity index (χ3v) is 4.43. The fraction of sp³-hybridized carbons (Fsp3) is 0.188. The van der Waals surface area contributed by atoms with E-state index in [9.17, 15) is 4.79 Å². The predicted molar refractivity (Wildman–Crippen MR) is 80.7 cm³/mol. The molecule has 2 aromatic carbocycles. The first-order valence-electron chi connectivity index (χ1n) is 6.33. The fourth-order valence-electron chi connectivity index (χ4n) is 2.48. The third-order valence-electron chi connectivity index (χ3n) is 3.54. The van der Waals surface area contributed by atoms with E-state index in [1.54, 1.807) is 0 Å². The summed E-state index contributed by atoms with van der Waals surface area (Å²) in [6.45, 7) is 2.77. The highest BCUT2D eigenvalue weighted by molar-refractivity contribution is 9.10. The van der Waals surface area contributed by atoms with Crippen LogP contribution in [0.25, 0.3) is 0 Å². The molecule has 0 radical (unpaired) electrons. The van der Waals surface area contributed by atoms with Gasteiger partial charge in [-0.2, -0.15) is 0 Å². The Hall–Kier alpha value is -1.61. The zero-order valence-electron chi connectivity index (χ0n) is 10.7. The minimum absolute atomic E-state index is 0.0838. The maximum absolute atomic E-state index is 12.6. The Balaban J connectivity index is 1.95. The molecule has 2 nitrogen and oxygen atoms in total. The maximum Gasteiger partial charge on any atom is 0.258 e. The number of carbonyl (C=O) groups is 1. The van der Waals surface area contributed by atoms with Crippen LogP contribution in [0.5, 0.6) is 0 Å². The van der Waals surface area contributed by atoms with E-state index in [2.05, 4.69) is 22.0 Å². The molecule has 3 rings (SSSR count). The fourth-order valence-corrected chi connectivity index (χ4v) is 2.73. The Labute approximate surface area is 121 Å². The molecular weight excluding hydrogens is 302 g/mol. The average molecular weight is 316 g/mol. The highest BCUT2D eigenvalue weighted by Gasteiger charge is 2.25. The summed E-state index contributed by atoms with van der Waals surface area (Å²) in [7, 11) is 0. The Morgan fingerprint density at radius 1 is 1.21 bits per heavy atom. The second-order valence-electron chi connectivity index (χ2n) is 4.80. The Kier molecular flexibility index (Phi) is 3.15. The van der Waals surface area contributed by atoms with Gasteiger partial charge < -0.3 is 4.90 Å². The molecule has 0 fully saturated rings. The lowest BCUT2D eigenvalue weighted by Crippen LogP contribution is -2.28. The van der Waals surface area contributed by atoms with Crippen LogP contribution in [0.2, 0.25) is 0 Å². The van der Waals surface area contributed by atoms with Crippen molar-refractivity contribution in [2.75, 3.05) is 11.4 Å². The summed E-state index contributed by atoms with van der Waals surface area (Å²) < 4.78 is 1.03. The van der Waals surface area contributed by atoms with Crippen molar-refractivity contribution in [2.24, 2.45) is 0 Å². The highest BCUT2D eigenvalue weighted by Crippen LogP contribution is 2.29. The van der Waals surface area contributed by atoms with E-state index in [1.165, 1.54) is 5.56 Å². The zero-order valence-corrected chi connectivity index (χ0v) is 12.3. The van der Waals surface area contributed by atoms with Gasteiger partial charge in [-0.25, -0.2) is 0 Å². The normalized spacial score (nSPS) is 13.5. The Morgan fingerprint density at radius 3 is 2.79 bits per heavy atom. The average Bonchev–Trinajstić information content (AvgIpc) is 2.85. The summed E-state index contributed by atoms with van der Waals surface area (Å²) >= 11 is 3.46. The summed E-state index contributed by atoms with van der Waals surface area (Å²) in [5.74, 6) is 0.0838. The van der Waals surface area contributed by atoms with E-state index < -0.39 is 0 Å². The van der Waals surface area contributed by atoms with Crippen molar-refractivity contribution in [3.8, 4) is 0 Å². The number of fused-ring (bicyclic) bond motifs is 1. The first-order valence-corrected chi connectivity index (χ1v) is 7.12. The highest BCUT2D eigenvalue weighted by atomic mass is 79.9. The van der Waals surface area contributed by atoms with E-state index in [1.807, 2.05) is 48.2 Å². The number of benzene rings is 2. The molecule has 0 N–H and O–H groups in total. The third kappa shape index (κ3) is 2.19. The number of halogens is 1. The van der Waals surface area contributed by atoms with E-state index in [-0.39, 0.29) is 5.91 Å². The van der Waals surface area contributed by atoms with Gasteiger partial charge in [0.2, 0.25) is 0 Å². The number of para-hydroxylation sites is 1. The second kappa shape index (κ2) is 4.82. The summed E-state index contributed by atoms with van der Waals surface area (Å²) in [6, 6.07) is 13.9. The van der Waals surface area contributed by atoms with E-state index in [0.717, 1.165) is 34.3 Å². The largest absolute Gasteiger partial charge is 0.308 e. The molecule has 2 aromatic rings. The molecule has 96 valence electrons. The molecule has 0 spiro atoms. The van der Waals surface area contributed by atoms with Gasteiger partial charge in [-0.15, -0.1) is 0 Å². The first-order chi connectivity index (χ1) is 9.16. The van der Waals surface area contributed by atoms with Gasteiger partial charge >= 0.3 is 0 Å². The van der Waals surface area contributed by atoms with Crippen LogP contribution in [-0.2, 0) is 6.42 Å². The minimum Gasteiger partial charge on any atom is -0.308 e. The van der Waals surface area contributed by atoms with Gasteiger partial charge in [0.15, 0.2) is 0 Å². The Morgan fingerprint density at radius 2 is 2.00 bits per heavy atom. The van der Waals surface area contributed by atoms with Crippen LogP contribution in [0.15, 0.2) is 46.9 Å². The first kappa shape index (κ1) is 12.4. The molecule has 0 saturated carbocycles. The standard InChI is InChI=1S/C16H14BrNO/c1-11-10-13(6-7-14(11)17)16(19)18-9-8-12-4-2-3-5-15(12)18/h2-7,10H,8-9H2,1H3. The van der Waals surface area contributed by atoms with Crippen LogP contribution in [0.3, 0.4) is 0 Å².